The van der Waals surface area contributed by atoms with Gasteiger partial charge in [0.2, 0.25) is 0 Å². The fourth-order valence-electron chi connectivity index (χ4n) is 1.21. The van der Waals surface area contributed by atoms with Crippen LogP contribution in [0.25, 0.3) is 0 Å². The average molecular weight is 314 g/mol. The molecule has 2 unspecified atom stereocenters. The Hall–Kier alpha value is 0.610. The molecule has 0 N–H and O–H groups in total. The van der Waals surface area contributed by atoms with E-state index in [2.05, 4.69) is 22.6 Å². The lowest BCUT2D eigenvalue weighted by Crippen LogP contribution is -2.27. The van der Waals surface area contributed by atoms with E-state index >= 15 is 0 Å². The number of halogens is 1. The van der Waals surface area contributed by atoms with Gasteiger partial charge >= 0.3 is 0 Å². The topological polar surface area (TPSA) is 27.7 Å². The highest BCUT2D eigenvalue weighted by atomic mass is 127. The molecule has 0 amide bonds. The van der Waals surface area contributed by atoms with Gasteiger partial charge < -0.3 is 14.2 Å². The average Bonchev–Trinajstić information content (AvgIpc) is 2.44. The maximum absolute atomic E-state index is 5.65. The summed E-state index contributed by atoms with van der Waals surface area (Å²) >= 11 is 2.37. The predicted molar refractivity (Wildman–Crippen MR) is 64.1 cm³/mol. The Morgan fingerprint density at radius 1 is 1.29 bits per heavy atom. The fraction of sp³-hybridized carbons (Fsp3) is 1.00. The molecule has 84 valence electrons. The second-order valence-electron chi connectivity index (χ2n) is 4.42. The van der Waals surface area contributed by atoms with Crippen molar-refractivity contribution in [2.24, 2.45) is 0 Å². The van der Waals surface area contributed by atoms with Gasteiger partial charge in [-0.2, -0.15) is 0 Å². The Morgan fingerprint density at radius 2 is 2.00 bits per heavy atom. The van der Waals surface area contributed by atoms with Crippen LogP contribution < -0.4 is 0 Å². The van der Waals surface area contributed by atoms with Gasteiger partial charge in [-0.15, -0.1) is 0 Å². The Kier molecular flexibility index (Phi) is 5.10. The number of rotatable bonds is 4. The smallest absolute Gasteiger partial charge is 0.0949 e. The highest BCUT2D eigenvalue weighted by Crippen LogP contribution is 2.18. The van der Waals surface area contributed by atoms with E-state index in [-0.39, 0.29) is 11.7 Å². The molecule has 0 aromatic carbocycles. The van der Waals surface area contributed by atoms with Crippen LogP contribution in [-0.2, 0) is 14.2 Å². The zero-order chi connectivity index (χ0) is 10.6. The summed E-state index contributed by atoms with van der Waals surface area (Å²) in [4.78, 5) is 0. The van der Waals surface area contributed by atoms with Crippen molar-refractivity contribution >= 4 is 22.6 Å². The Labute approximate surface area is 99.6 Å². The molecule has 1 heterocycles. The van der Waals surface area contributed by atoms with Crippen molar-refractivity contribution in [2.75, 3.05) is 26.4 Å². The van der Waals surface area contributed by atoms with Crippen LogP contribution >= 0.6 is 22.6 Å². The molecule has 0 saturated carbocycles. The van der Waals surface area contributed by atoms with Crippen molar-refractivity contribution < 1.29 is 14.2 Å². The second kappa shape index (κ2) is 5.63. The summed E-state index contributed by atoms with van der Waals surface area (Å²) in [7, 11) is 0. The molecule has 1 saturated heterocycles. The monoisotopic (exact) mass is 314 g/mol. The summed E-state index contributed by atoms with van der Waals surface area (Å²) < 4.78 is 17.0. The van der Waals surface area contributed by atoms with Crippen molar-refractivity contribution in [3.05, 3.63) is 0 Å². The minimum atomic E-state index is -0.0702. The van der Waals surface area contributed by atoms with Gasteiger partial charge in [0.15, 0.2) is 0 Å². The third-order valence-corrected chi connectivity index (χ3v) is 3.07. The molecule has 0 aliphatic carbocycles. The lowest BCUT2D eigenvalue weighted by atomic mass is 10.2. The molecule has 4 heteroatoms. The largest absolute Gasteiger partial charge is 0.378 e. The maximum Gasteiger partial charge on any atom is 0.0949 e. The fourth-order valence-corrected chi connectivity index (χ4v) is 1.88. The highest BCUT2D eigenvalue weighted by molar-refractivity contribution is 14.1. The molecule has 0 radical (unpaired) electrons. The number of hydrogen-bond acceptors (Lipinski definition) is 3. The van der Waals surface area contributed by atoms with Gasteiger partial charge in [-0.3, -0.25) is 0 Å². The van der Waals surface area contributed by atoms with E-state index in [9.17, 15) is 0 Å². The molecule has 0 aromatic rings. The van der Waals surface area contributed by atoms with Gasteiger partial charge in [0.1, 0.15) is 0 Å². The van der Waals surface area contributed by atoms with Crippen molar-refractivity contribution in [1.82, 2.24) is 0 Å². The van der Waals surface area contributed by atoms with Crippen LogP contribution in [0.1, 0.15) is 20.8 Å². The molecule has 1 aliphatic rings. The first-order valence-corrected chi connectivity index (χ1v) is 6.21. The summed E-state index contributed by atoms with van der Waals surface area (Å²) in [5.74, 6) is 0. The van der Waals surface area contributed by atoms with E-state index in [1.807, 2.05) is 20.8 Å². The first-order chi connectivity index (χ1) is 6.49. The maximum atomic E-state index is 5.65. The Morgan fingerprint density at radius 3 is 2.50 bits per heavy atom. The SMILES string of the molecule is CC(C)(C)OCCOC1COCC1I. The molecular formula is C10H19IO3. The van der Waals surface area contributed by atoms with Crippen LogP contribution in [0, 0.1) is 0 Å². The van der Waals surface area contributed by atoms with Crippen molar-refractivity contribution in [3.63, 3.8) is 0 Å². The highest BCUT2D eigenvalue weighted by Gasteiger charge is 2.26. The summed E-state index contributed by atoms with van der Waals surface area (Å²) in [5.41, 5.74) is -0.0702. The molecule has 2 atom stereocenters. The van der Waals surface area contributed by atoms with Crippen LogP contribution in [0.3, 0.4) is 0 Å². The molecule has 1 fully saturated rings. The van der Waals surface area contributed by atoms with E-state index in [1.54, 1.807) is 0 Å². The molecule has 0 aromatic heterocycles. The van der Waals surface area contributed by atoms with Gasteiger partial charge in [-0.05, 0) is 20.8 Å². The summed E-state index contributed by atoms with van der Waals surface area (Å²) in [5, 5.41) is 0. The zero-order valence-corrected chi connectivity index (χ0v) is 11.2. The molecule has 0 spiro atoms. The van der Waals surface area contributed by atoms with E-state index in [0.29, 0.717) is 17.1 Å². The Balaban J connectivity index is 2.04. The molecule has 0 bridgehead atoms. The van der Waals surface area contributed by atoms with Crippen LogP contribution in [0.15, 0.2) is 0 Å². The van der Waals surface area contributed by atoms with E-state index in [0.717, 1.165) is 13.2 Å². The minimum Gasteiger partial charge on any atom is -0.378 e. The number of hydrogen-bond donors (Lipinski definition) is 0. The summed E-state index contributed by atoms with van der Waals surface area (Å²) in [6.07, 6.45) is 0.249. The Bertz CT molecular complexity index is 167. The summed E-state index contributed by atoms with van der Waals surface area (Å²) in [6, 6.07) is 0. The van der Waals surface area contributed by atoms with Gasteiger partial charge in [0.25, 0.3) is 0 Å². The van der Waals surface area contributed by atoms with Crippen molar-refractivity contribution in [1.29, 1.82) is 0 Å². The van der Waals surface area contributed by atoms with Gasteiger partial charge in [-0.25, -0.2) is 0 Å². The molecular weight excluding hydrogens is 295 g/mol. The number of ether oxygens (including phenoxy) is 3. The van der Waals surface area contributed by atoms with Crippen molar-refractivity contribution in [3.8, 4) is 0 Å². The van der Waals surface area contributed by atoms with Gasteiger partial charge in [0, 0.05) is 0 Å². The normalized spacial score (nSPS) is 28.3. The minimum absolute atomic E-state index is 0.0702. The second-order valence-corrected chi connectivity index (χ2v) is 6.02. The summed E-state index contributed by atoms with van der Waals surface area (Å²) in [6.45, 7) is 9.00. The van der Waals surface area contributed by atoms with E-state index in [1.165, 1.54) is 0 Å². The first-order valence-electron chi connectivity index (χ1n) is 4.96. The number of alkyl halides is 1. The lowest BCUT2D eigenvalue weighted by Gasteiger charge is -2.20. The zero-order valence-electron chi connectivity index (χ0n) is 9.09. The van der Waals surface area contributed by atoms with Crippen LogP contribution in [-0.4, -0.2) is 42.1 Å². The molecule has 3 nitrogen and oxygen atoms in total. The van der Waals surface area contributed by atoms with Crippen LogP contribution in [0.5, 0.6) is 0 Å². The van der Waals surface area contributed by atoms with Gasteiger partial charge in [-0.1, -0.05) is 22.6 Å². The predicted octanol–water partition coefficient (Wildman–Crippen LogP) is 2.02. The third-order valence-electron chi connectivity index (χ3n) is 1.91. The molecule has 1 rings (SSSR count). The van der Waals surface area contributed by atoms with Gasteiger partial charge in [0.05, 0.1) is 42.1 Å². The quantitative estimate of drug-likeness (QED) is 0.451. The van der Waals surface area contributed by atoms with Crippen molar-refractivity contribution in [2.45, 2.75) is 36.4 Å². The first kappa shape index (κ1) is 12.7. The van der Waals surface area contributed by atoms with E-state index < -0.39 is 0 Å². The molecule has 1 aliphatic heterocycles. The third kappa shape index (κ3) is 4.91. The van der Waals surface area contributed by atoms with E-state index in [4.69, 9.17) is 14.2 Å². The van der Waals surface area contributed by atoms with Crippen LogP contribution in [0.2, 0.25) is 0 Å². The lowest BCUT2D eigenvalue weighted by molar-refractivity contribution is -0.0509. The molecule has 14 heavy (non-hydrogen) atoms. The standard InChI is InChI=1S/C10H19IO3/c1-10(2,3)14-5-4-13-9-7-12-6-8(9)11/h8-9H,4-7H2,1-3H3. The van der Waals surface area contributed by atoms with Crippen LogP contribution in [0.4, 0.5) is 0 Å².